The Hall–Kier alpha value is -3.17. The zero-order valence-corrected chi connectivity index (χ0v) is 12.1. The molecule has 23 heavy (non-hydrogen) atoms. The number of H-pyrrole nitrogens is 2. The van der Waals surface area contributed by atoms with Crippen molar-refractivity contribution in [2.24, 2.45) is 0 Å². The van der Waals surface area contributed by atoms with Crippen molar-refractivity contribution in [1.82, 2.24) is 19.9 Å². The lowest BCUT2D eigenvalue weighted by Gasteiger charge is -2.29. The van der Waals surface area contributed by atoms with Crippen LogP contribution in [0.25, 0.3) is 0 Å². The van der Waals surface area contributed by atoms with Gasteiger partial charge in [-0.2, -0.15) is 0 Å². The van der Waals surface area contributed by atoms with Crippen molar-refractivity contribution in [2.45, 2.75) is 25.3 Å². The minimum Gasteiger partial charge on any atom is -0.481 e. The van der Waals surface area contributed by atoms with Crippen LogP contribution in [0.15, 0.2) is 24.9 Å². The quantitative estimate of drug-likeness (QED) is 0.568. The third-order valence-electron chi connectivity index (χ3n) is 3.23. The number of carboxylic acids is 2. The van der Waals surface area contributed by atoms with Gasteiger partial charge in [0.05, 0.1) is 12.0 Å². The number of carbonyl (C=O) groups is 3. The molecule has 122 valence electrons. The molecule has 0 bridgehead atoms. The van der Waals surface area contributed by atoms with E-state index in [1.807, 2.05) is 0 Å². The van der Waals surface area contributed by atoms with Crippen LogP contribution in [0.3, 0.4) is 0 Å². The monoisotopic (exact) mass is 321 g/mol. The van der Waals surface area contributed by atoms with Gasteiger partial charge in [0, 0.05) is 25.0 Å². The van der Waals surface area contributed by atoms with Crippen LogP contribution < -0.4 is 4.90 Å². The van der Waals surface area contributed by atoms with E-state index in [-0.39, 0.29) is 18.1 Å². The summed E-state index contributed by atoms with van der Waals surface area (Å²) < 4.78 is 0. The number of carbonyl (C=O) groups excluding carboxylic acids is 1. The van der Waals surface area contributed by atoms with Gasteiger partial charge in [0.1, 0.15) is 5.92 Å². The van der Waals surface area contributed by atoms with Crippen molar-refractivity contribution >= 4 is 23.8 Å². The van der Waals surface area contributed by atoms with Crippen LogP contribution in [0, 0.1) is 0 Å². The minimum absolute atomic E-state index is 0.00496. The molecule has 2 rings (SSSR count). The third kappa shape index (κ3) is 3.20. The van der Waals surface area contributed by atoms with Gasteiger partial charge in [0.15, 0.2) is 6.04 Å². The number of hydrogen-bond donors (Lipinski definition) is 4. The summed E-state index contributed by atoms with van der Waals surface area (Å²) in [6.45, 7) is 1.54. The molecule has 2 atom stereocenters. The van der Waals surface area contributed by atoms with Crippen molar-refractivity contribution < 1.29 is 24.6 Å². The van der Waals surface area contributed by atoms with Crippen LogP contribution in [0.1, 0.15) is 25.0 Å². The summed E-state index contributed by atoms with van der Waals surface area (Å²) in [5, 5.41) is 19.0. The van der Waals surface area contributed by atoms with E-state index < -0.39 is 29.8 Å². The molecule has 2 aromatic rings. The van der Waals surface area contributed by atoms with Gasteiger partial charge in [-0.25, -0.2) is 14.8 Å². The molecule has 2 heterocycles. The molecular formula is C13H15N5O5. The fraction of sp³-hybridized carbons (Fsp3) is 0.308. The fourth-order valence-corrected chi connectivity index (χ4v) is 2.23. The van der Waals surface area contributed by atoms with Crippen LogP contribution in [0.4, 0.5) is 5.95 Å². The number of nitrogens with one attached hydrogen (secondary N) is 2. The Labute approximate surface area is 130 Å². The number of nitrogens with zero attached hydrogens (tertiary/aromatic N) is 3. The van der Waals surface area contributed by atoms with Crippen molar-refractivity contribution in [1.29, 1.82) is 0 Å². The molecule has 0 saturated heterocycles. The SMILES string of the molecule is CCC(=O)N(c1ncc[nH]1)C(C(=O)O)C(C(=O)O)c1c[nH]cn1. The van der Waals surface area contributed by atoms with E-state index in [0.717, 1.165) is 4.90 Å². The van der Waals surface area contributed by atoms with Gasteiger partial charge >= 0.3 is 11.9 Å². The van der Waals surface area contributed by atoms with E-state index in [0.29, 0.717) is 0 Å². The van der Waals surface area contributed by atoms with Gasteiger partial charge in [-0.15, -0.1) is 0 Å². The number of rotatable bonds is 7. The van der Waals surface area contributed by atoms with Gasteiger partial charge in [0.2, 0.25) is 11.9 Å². The zero-order valence-electron chi connectivity index (χ0n) is 12.1. The summed E-state index contributed by atoms with van der Waals surface area (Å²) in [4.78, 5) is 49.4. The molecule has 0 aliphatic heterocycles. The zero-order chi connectivity index (χ0) is 17.0. The topological polar surface area (TPSA) is 152 Å². The fourth-order valence-electron chi connectivity index (χ4n) is 2.23. The molecule has 2 aromatic heterocycles. The first kappa shape index (κ1) is 16.2. The highest BCUT2D eigenvalue weighted by Crippen LogP contribution is 2.26. The van der Waals surface area contributed by atoms with E-state index in [4.69, 9.17) is 0 Å². The Balaban J connectivity index is 2.55. The maximum atomic E-state index is 12.2. The second-order valence-electron chi connectivity index (χ2n) is 4.62. The number of anilines is 1. The van der Waals surface area contributed by atoms with Crippen molar-refractivity contribution in [3.8, 4) is 0 Å². The number of amides is 1. The first-order valence-corrected chi connectivity index (χ1v) is 6.73. The van der Waals surface area contributed by atoms with Crippen LogP contribution in [-0.2, 0) is 14.4 Å². The number of aromatic nitrogens is 4. The van der Waals surface area contributed by atoms with E-state index >= 15 is 0 Å². The second kappa shape index (κ2) is 6.73. The third-order valence-corrected chi connectivity index (χ3v) is 3.23. The van der Waals surface area contributed by atoms with Gasteiger partial charge in [0.25, 0.3) is 0 Å². The number of carboxylic acid groups (broad SMARTS) is 2. The van der Waals surface area contributed by atoms with E-state index in [1.165, 1.54) is 24.9 Å². The Kier molecular flexibility index (Phi) is 4.74. The molecule has 4 N–H and O–H groups in total. The number of aliphatic carboxylic acids is 2. The molecule has 0 saturated carbocycles. The number of aromatic amines is 2. The van der Waals surface area contributed by atoms with Crippen LogP contribution >= 0.6 is 0 Å². The molecule has 10 nitrogen and oxygen atoms in total. The summed E-state index contributed by atoms with van der Waals surface area (Å²) in [6, 6.07) is -1.70. The molecule has 0 aromatic carbocycles. The molecule has 2 unspecified atom stereocenters. The Morgan fingerprint density at radius 1 is 1.26 bits per heavy atom. The van der Waals surface area contributed by atoms with E-state index in [2.05, 4.69) is 19.9 Å². The molecule has 0 fully saturated rings. The van der Waals surface area contributed by atoms with Gasteiger partial charge in [-0.1, -0.05) is 6.92 Å². The molecule has 0 spiro atoms. The van der Waals surface area contributed by atoms with E-state index in [1.54, 1.807) is 6.92 Å². The van der Waals surface area contributed by atoms with Crippen molar-refractivity contribution in [3.05, 3.63) is 30.6 Å². The smallest absolute Gasteiger partial charge is 0.328 e. The number of hydrogen-bond acceptors (Lipinski definition) is 5. The summed E-state index contributed by atoms with van der Waals surface area (Å²) in [5.74, 6) is -5.05. The first-order valence-electron chi connectivity index (χ1n) is 6.73. The molecule has 0 aliphatic carbocycles. The Bertz CT molecular complexity index is 682. The van der Waals surface area contributed by atoms with Gasteiger partial charge in [-0.05, 0) is 0 Å². The lowest BCUT2D eigenvalue weighted by molar-refractivity contribution is -0.147. The standard InChI is InChI=1S/C13H15N5O5/c1-2-8(19)18(13-15-3-4-16-13)10(12(22)23)9(11(20)21)7-5-14-6-17-7/h3-6,9-10H,2H2,1H3,(H,14,17)(H,15,16)(H,20,21)(H,22,23). The summed E-state index contributed by atoms with van der Waals surface area (Å²) in [7, 11) is 0. The molecule has 0 radical (unpaired) electrons. The molecule has 1 amide bonds. The van der Waals surface area contributed by atoms with Crippen molar-refractivity contribution in [3.63, 3.8) is 0 Å². The van der Waals surface area contributed by atoms with Gasteiger partial charge < -0.3 is 20.2 Å². The number of imidazole rings is 2. The highest BCUT2D eigenvalue weighted by Gasteiger charge is 2.44. The molecule has 0 aliphatic rings. The average molecular weight is 321 g/mol. The maximum Gasteiger partial charge on any atom is 0.328 e. The Morgan fingerprint density at radius 2 is 2.00 bits per heavy atom. The maximum absolute atomic E-state index is 12.2. The predicted molar refractivity (Wildman–Crippen MR) is 76.8 cm³/mol. The predicted octanol–water partition coefficient (Wildman–Crippen LogP) is 0.197. The first-order chi connectivity index (χ1) is 11.0. The summed E-state index contributed by atoms with van der Waals surface area (Å²) >= 11 is 0. The Morgan fingerprint density at radius 3 is 2.43 bits per heavy atom. The highest BCUT2D eigenvalue weighted by molar-refractivity contribution is 6.00. The van der Waals surface area contributed by atoms with E-state index in [9.17, 15) is 24.6 Å². The lowest BCUT2D eigenvalue weighted by atomic mass is 9.95. The highest BCUT2D eigenvalue weighted by atomic mass is 16.4. The van der Waals surface area contributed by atoms with Gasteiger partial charge in [-0.3, -0.25) is 14.5 Å². The summed E-state index contributed by atoms with van der Waals surface area (Å²) in [5.41, 5.74) is 0.00496. The minimum atomic E-state index is -1.70. The average Bonchev–Trinajstić information content (AvgIpc) is 3.19. The van der Waals surface area contributed by atoms with Crippen LogP contribution in [0.5, 0.6) is 0 Å². The largest absolute Gasteiger partial charge is 0.481 e. The second-order valence-corrected chi connectivity index (χ2v) is 4.62. The molecule has 10 heteroatoms. The summed E-state index contributed by atoms with van der Waals surface area (Å²) in [6.07, 6.45) is 5.26. The van der Waals surface area contributed by atoms with Crippen molar-refractivity contribution in [2.75, 3.05) is 4.90 Å². The normalized spacial score (nSPS) is 13.3. The van der Waals surface area contributed by atoms with Crippen LogP contribution in [-0.4, -0.2) is 54.0 Å². The molecular weight excluding hydrogens is 306 g/mol. The lowest BCUT2D eigenvalue weighted by Crippen LogP contribution is -2.51. The van der Waals surface area contributed by atoms with Crippen LogP contribution in [0.2, 0.25) is 0 Å².